The molecule has 2 aromatic heterocycles. The second-order valence-corrected chi connectivity index (χ2v) is 7.01. The first-order valence-electron chi connectivity index (χ1n) is 9.20. The molecule has 30 heavy (non-hydrogen) atoms. The Bertz CT molecular complexity index is 1130. The van der Waals surface area contributed by atoms with E-state index in [2.05, 4.69) is 20.3 Å². The molecule has 0 aliphatic carbocycles. The number of carbonyl (C=O) groups excluding carboxylic acids is 1. The summed E-state index contributed by atoms with van der Waals surface area (Å²) in [4.78, 5) is 24.8. The van der Waals surface area contributed by atoms with Gasteiger partial charge in [-0.05, 0) is 47.9 Å². The zero-order valence-electron chi connectivity index (χ0n) is 15.8. The van der Waals surface area contributed by atoms with Crippen molar-refractivity contribution >= 4 is 5.91 Å². The third-order valence-electron chi connectivity index (χ3n) is 5.08. The van der Waals surface area contributed by atoms with Gasteiger partial charge in [-0.2, -0.15) is 13.2 Å². The van der Waals surface area contributed by atoms with E-state index in [0.717, 1.165) is 17.7 Å². The molecule has 1 aromatic carbocycles. The molecule has 0 unspecified atom stereocenters. The van der Waals surface area contributed by atoms with Crippen molar-refractivity contribution in [1.29, 1.82) is 0 Å². The van der Waals surface area contributed by atoms with Gasteiger partial charge in [0.25, 0.3) is 5.91 Å². The van der Waals surface area contributed by atoms with Crippen molar-refractivity contribution < 1.29 is 22.4 Å². The molecule has 154 valence electrons. The minimum atomic E-state index is -4.65. The van der Waals surface area contributed by atoms with E-state index in [1.165, 1.54) is 12.5 Å². The number of hydrogen-bond acceptors (Lipinski definition) is 4. The van der Waals surface area contributed by atoms with Gasteiger partial charge in [0.15, 0.2) is 0 Å². The van der Waals surface area contributed by atoms with Crippen LogP contribution in [0.2, 0.25) is 0 Å². The lowest BCUT2D eigenvalue weighted by Gasteiger charge is -2.19. The van der Waals surface area contributed by atoms with Crippen molar-refractivity contribution in [2.75, 3.05) is 6.54 Å². The number of alkyl halides is 3. The third-order valence-corrected chi connectivity index (χ3v) is 5.08. The Morgan fingerprint density at radius 1 is 1.10 bits per heavy atom. The largest absolute Gasteiger partial charge is 0.416 e. The number of nitrogens with zero attached hydrogens (tertiary/aromatic N) is 3. The van der Waals surface area contributed by atoms with Crippen molar-refractivity contribution in [3.05, 3.63) is 76.6 Å². The van der Waals surface area contributed by atoms with Crippen LogP contribution in [0, 0.1) is 5.82 Å². The number of hydrogen-bond donors (Lipinski definition) is 1. The summed E-state index contributed by atoms with van der Waals surface area (Å²) in [5, 5.41) is 2.76. The Morgan fingerprint density at radius 3 is 2.67 bits per heavy atom. The van der Waals surface area contributed by atoms with E-state index in [-0.39, 0.29) is 11.5 Å². The fourth-order valence-electron chi connectivity index (χ4n) is 3.51. The third kappa shape index (κ3) is 3.74. The van der Waals surface area contributed by atoms with E-state index in [1.54, 1.807) is 19.1 Å². The predicted molar refractivity (Wildman–Crippen MR) is 100 cm³/mol. The highest BCUT2D eigenvalue weighted by Crippen LogP contribution is 2.34. The highest BCUT2D eigenvalue weighted by Gasteiger charge is 2.32. The summed E-state index contributed by atoms with van der Waals surface area (Å²) in [5.41, 5.74) is 1.75. The molecule has 5 nitrogen and oxygen atoms in total. The van der Waals surface area contributed by atoms with Crippen LogP contribution in [0.4, 0.5) is 17.6 Å². The van der Waals surface area contributed by atoms with Gasteiger partial charge in [0.2, 0.25) is 0 Å². The topological polar surface area (TPSA) is 67.8 Å². The molecule has 3 aromatic rings. The Hall–Kier alpha value is -3.36. The quantitative estimate of drug-likeness (QED) is 0.652. The van der Waals surface area contributed by atoms with Gasteiger partial charge in [0, 0.05) is 24.2 Å². The van der Waals surface area contributed by atoms with E-state index in [1.807, 2.05) is 0 Å². The van der Waals surface area contributed by atoms with Crippen molar-refractivity contribution in [2.24, 2.45) is 0 Å². The van der Waals surface area contributed by atoms with Gasteiger partial charge in [-0.25, -0.2) is 14.4 Å². The first-order chi connectivity index (χ1) is 14.2. The van der Waals surface area contributed by atoms with Crippen LogP contribution in [0.25, 0.3) is 11.4 Å². The van der Waals surface area contributed by atoms with Crippen LogP contribution in [0.1, 0.15) is 45.6 Å². The summed E-state index contributed by atoms with van der Waals surface area (Å²) >= 11 is 0. The Kier molecular flexibility index (Phi) is 4.97. The van der Waals surface area contributed by atoms with Crippen molar-refractivity contribution in [2.45, 2.75) is 25.4 Å². The summed E-state index contributed by atoms with van der Waals surface area (Å²) in [7, 11) is 0. The lowest BCUT2D eigenvalue weighted by Crippen LogP contribution is -2.32. The monoisotopic (exact) mass is 416 g/mol. The van der Waals surface area contributed by atoms with Gasteiger partial charge < -0.3 is 5.32 Å². The van der Waals surface area contributed by atoms with Crippen LogP contribution < -0.4 is 5.32 Å². The maximum Gasteiger partial charge on any atom is 0.416 e. The molecular formula is C21H16F4N4O. The first kappa shape index (κ1) is 19.9. The number of pyridine rings is 1. The second-order valence-electron chi connectivity index (χ2n) is 7.01. The average Bonchev–Trinajstić information content (AvgIpc) is 2.72. The number of rotatable bonds is 3. The van der Waals surface area contributed by atoms with E-state index in [9.17, 15) is 22.4 Å². The smallest absolute Gasteiger partial charge is 0.352 e. The van der Waals surface area contributed by atoms with Crippen molar-refractivity contribution in [3.8, 4) is 11.4 Å². The van der Waals surface area contributed by atoms with E-state index >= 15 is 0 Å². The molecule has 0 bridgehead atoms. The molecule has 1 atom stereocenters. The van der Waals surface area contributed by atoms with Crippen molar-refractivity contribution in [3.63, 3.8) is 0 Å². The molecule has 0 saturated heterocycles. The summed E-state index contributed by atoms with van der Waals surface area (Å²) in [6.45, 7) is 2.12. The zero-order valence-corrected chi connectivity index (χ0v) is 15.8. The number of halogens is 4. The molecule has 4 rings (SSSR count). The Morgan fingerprint density at radius 2 is 1.90 bits per heavy atom. The molecule has 0 saturated carbocycles. The fraction of sp³-hybridized carbons (Fsp3) is 0.238. The van der Waals surface area contributed by atoms with Crippen LogP contribution in [0.3, 0.4) is 0 Å². The number of aromatic nitrogens is 3. The number of benzene rings is 1. The van der Waals surface area contributed by atoms with Crippen LogP contribution in [-0.4, -0.2) is 27.4 Å². The lowest BCUT2D eigenvalue weighted by atomic mass is 9.93. The molecule has 0 fully saturated rings. The molecule has 1 aliphatic heterocycles. The SMILES string of the molecule is C[C@@H](c1cc(F)cc(C(F)(F)F)c1)c1cc(-c2nccc3c2CCNC3=O)ncn1. The van der Waals surface area contributed by atoms with Crippen LogP contribution in [0.15, 0.2) is 42.9 Å². The molecule has 0 radical (unpaired) electrons. The molecular weight excluding hydrogens is 400 g/mol. The van der Waals surface area contributed by atoms with Gasteiger partial charge >= 0.3 is 6.18 Å². The normalized spacial score (nSPS) is 14.8. The number of amides is 1. The zero-order chi connectivity index (χ0) is 21.5. The highest BCUT2D eigenvalue weighted by atomic mass is 19.4. The minimum Gasteiger partial charge on any atom is -0.352 e. The van der Waals surface area contributed by atoms with Crippen molar-refractivity contribution in [1.82, 2.24) is 20.3 Å². The summed E-state index contributed by atoms with van der Waals surface area (Å²) in [5.74, 6) is -1.78. The highest BCUT2D eigenvalue weighted by molar-refractivity contribution is 5.98. The first-order valence-corrected chi connectivity index (χ1v) is 9.20. The van der Waals surface area contributed by atoms with E-state index in [4.69, 9.17) is 0 Å². The Balaban J connectivity index is 1.74. The van der Waals surface area contributed by atoms with Gasteiger partial charge in [-0.15, -0.1) is 0 Å². The van der Waals surface area contributed by atoms with E-state index in [0.29, 0.717) is 41.7 Å². The van der Waals surface area contributed by atoms with Gasteiger partial charge in [0.1, 0.15) is 12.1 Å². The maximum atomic E-state index is 13.8. The van der Waals surface area contributed by atoms with Crippen LogP contribution >= 0.6 is 0 Å². The van der Waals surface area contributed by atoms with Gasteiger partial charge in [-0.1, -0.05) is 6.92 Å². The Labute approximate surface area is 169 Å². The molecule has 1 amide bonds. The summed E-state index contributed by atoms with van der Waals surface area (Å²) in [6, 6.07) is 5.69. The summed E-state index contributed by atoms with van der Waals surface area (Å²) in [6.07, 6.45) is -1.28. The number of fused-ring (bicyclic) bond motifs is 1. The molecule has 9 heteroatoms. The van der Waals surface area contributed by atoms with E-state index < -0.39 is 23.5 Å². The predicted octanol–water partition coefficient (Wildman–Crippen LogP) is 4.13. The van der Waals surface area contributed by atoms with Crippen LogP contribution in [0.5, 0.6) is 0 Å². The standard InChI is InChI=1S/C21H16F4N4O/c1-11(12-6-13(21(23,24)25)8-14(22)7-12)17-9-18(29-10-28-17)19-15-2-5-27-20(30)16(15)3-4-26-19/h3-4,6-11H,2,5H2,1H3,(H,27,30)/t11-/m0/s1. The fourth-order valence-corrected chi connectivity index (χ4v) is 3.51. The molecule has 1 N–H and O–H groups in total. The second kappa shape index (κ2) is 7.47. The minimum absolute atomic E-state index is 0.148. The molecule has 0 spiro atoms. The number of nitrogens with one attached hydrogen (secondary N) is 1. The number of carbonyl (C=O) groups is 1. The molecule has 1 aliphatic rings. The summed E-state index contributed by atoms with van der Waals surface area (Å²) < 4.78 is 53.0. The molecule has 3 heterocycles. The van der Waals surface area contributed by atoms with Crippen LogP contribution in [-0.2, 0) is 12.6 Å². The lowest BCUT2D eigenvalue weighted by molar-refractivity contribution is -0.137. The van der Waals surface area contributed by atoms with Gasteiger partial charge in [-0.3, -0.25) is 9.78 Å². The maximum absolute atomic E-state index is 13.8. The van der Waals surface area contributed by atoms with Gasteiger partial charge in [0.05, 0.1) is 22.6 Å². The average molecular weight is 416 g/mol.